The zero-order valence-corrected chi connectivity index (χ0v) is 11.8. The number of nitrogens with two attached hydrogens (primary N) is 1. The molecule has 7 heteroatoms. The molecule has 0 aliphatic heterocycles. The van der Waals surface area contributed by atoms with Gasteiger partial charge >= 0.3 is 0 Å². The maximum Gasteiger partial charge on any atom is 0.274 e. The second-order valence-electron chi connectivity index (χ2n) is 4.28. The van der Waals surface area contributed by atoms with Gasteiger partial charge in [-0.05, 0) is 13.3 Å². The Morgan fingerprint density at radius 1 is 1.63 bits per heavy atom. The average Bonchev–Trinajstić information content (AvgIpc) is 3.01. The predicted octanol–water partition coefficient (Wildman–Crippen LogP) is 1.89. The van der Waals surface area contributed by atoms with E-state index in [-0.39, 0.29) is 17.6 Å². The molecule has 0 aliphatic rings. The van der Waals surface area contributed by atoms with Gasteiger partial charge in [0.1, 0.15) is 5.01 Å². The molecule has 1 amide bonds. The summed E-state index contributed by atoms with van der Waals surface area (Å²) in [6, 6.07) is -0.154. The van der Waals surface area contributed by atoms with Gasteiger partial charge in [0.15, 0.2) is 5.69 Å². The molecule has 2 rings (SSSR count). The highest BCUT2D eigenvalue weighted by Crippen LogP contribution is 2.18. The van der Waals surface area contributed by atoms with Gasteiger partial charge in [-0.25, -0.2) is 4.98 Å². The standard InChI is InChI=1S/C12H17N5OS/c1-3-4-8-9(13)10(17-16-8)11(18)15-7(2)12-14-5-6-19-12/h5-7H,3-4,13H2,1-2H3,(H,15,18)(H,16,17). The molecule has 0 bridgehead atoms. The Balaban J connectivity index is 2.08. The first-order chi connectivity index (χ1) is 9.13. The molecule has 19 heavy (non-hydrogen) atoms. The molecule has 0 aromatic carbocycles. The number of hydrogen-bond donors (Lipinski definition) is 3. The van der Waals surface area contributed by atoms with E-state index in [0.717, 1.165) is 23.5 Å². The Morgan fingerprint density at radius 3 is 3.05 bits per heavy atom. The number of nitrogen functional groups attached to an aromatic ring is 1. The summed E-state index contributed by atoms with van der Waals surface area (Å²) in [6.07, 6.45) is 3.45. The van der Waals surface area contributed by atoms with Crippen molar-refractivity contribution in [2.45, 2.75) is 32.7 Å². The van der Waals surface area contributed by atoms with Crippen LogP contribution in [0.2, 0.25) is 0 Å². The average molecular weight is 279 g/mol. The van der Waals surface area contributed by atoms with Crippen LogP contribution in [0.15, 0.2) is 11.6 Å². The minimum atomic E-state index is -0.279. The first kappa shape index (κ1) is 13.5. The SMILES string of the molecule is CCCc1[nH]nc(C(=O)NC(C)c2nccs2)c1N. The lowest BCUT2D eigenvalue weighted by Crippen LogP contribution is -2.27. The summed E-state index contributed by atoms with van der Waals surface area (Å²) in [5, 5.41) is 12.4. The number of anilines is 1. The number of hydrogen-bond acceptors (Lipinski definition) is 5. The van der Waals surface area contributed by atoms with E-state index in [2.05, 4.69) is 20.5 Å². The lowest BCUT2D eigenvalue weighted by molar-refractivity contribution is 0.0935. The van der Waals surface area contributed by atoms with E-state index in [1.807, 2.05) is 19.2 Å². The predicted molar refractivity (Wildman–Crippen MR) is 75.0 cm³/mol. The Hall–Kier alpha value is -1.89. The maximum absolute atomic E-state index is 12.1. The van der Waals surface area contributed by atoms with Gasteiger partial charge in [-0.2, -0.15) is 5.10 Å². The number of H-pyrrole nitrogens is 1. The molecule has 102 valence electrons. The fourth-order valence-corrected chi connectivity index (χ4v) is 2.42. The van der Waals surface area contributed by atoms with Gasteiger partial charge in [-0.1, -0.05) is 13.3 Å². The second-order valence-corrected chi connectivity index (χ2v) is 5.21. The van der Waals surface area contributed by atoms with Crippen molar-refractivity contribution < 1.29 is 4.79 Å². The van der Waals surface area contributed by atoms with Crippen LogP contribution in [-0.4, -0.2) is 21.1 Å². The quantitative estimate of drug-likeness (QED) is 0.778. The van der Waals surface area contributed by atoms with Gasteiger partial charge in [-0.3, -0.25) is 9.89 Å². The molecule has 1 unspecified atom stereocenters. The number of aromatic nitrogens is 3. The minimum Gasteiger partial charge on any atom is -0.395 e. The summed E-state index contributed by atoms with van der Waals surface area (Å²) < 4.78 is 0. The number of aromatic amines is 1. The van der Waals surface area contributed by atoms with Crippen molar-refractivity contribution in [2.75, 3.05) is 5.73 Å². The summed E-state index contributed by atoms with van der Waals surface area (Å²) in [5.41, 5.74) is 7.42. The highest BCUT2D eigenvalue weighted by atomic mass is 32.1. The Kier molecular flexibility index (Phi) is 4.16. The van der Waals surface area contributed by atoms with Crippen molar-refractivity contribution in [1.29, 1.82) is 0 Å². The molecule has 0 aliphatic carbocycles. The fourth-order valence-electron chi connectivity index (χ4n) is 1.78. The summed E-state index contributed by atoms with van der Waals surface area (Å²) >= 11 is 1.50. The van der Waals surface area contributed by atoms with Crippen molar-refractivity contribution in [3.63, 3.8) is 0 Å². The van der Waals surface area contributed by atoms with Crippen molar-refractivity contribution in [3.05, 3.63) is 28.0 Å². The number of rotatable bonds is 5. The Bertz CT molecular complexity index is 548. The zero-order valence-electron chi connectivity index (χ0n) is 10.9. The number of aryl methyl sites for hydroxylation is 1. The molecule has 6 nitrogen and oxygen atoms in total. The number of carbonyl (C=O) groups excluding carboxylic acids is 1. The second kappa shape index (κ2) is 5.83. The minimum absolute atomic E-state index is 0.154. The molecule has 2 aromatic rings. The summed E-state index contributed by atoms with van der Waals surface area (Å²) in [7, 11) is 0. The number of carbonyl (C=O) groups is 1. The largest absolute Gasteiger partial charge is 0.395 e. The summed E-state index contributed by atoms with van der Waals surface area (Å²) in [4.78, 5) is 16.3. The monoisotopic (exact) mass is 279 g/mol. The van der Waals surface area contributed by atoms with E-state index in [1.165, 1.54) is 11.3 Å². The van der Waals surface area contributed by atoms with Gasteiger partial charge in [0.05, 0.1) is 17.4 Å². The lowest BCUT2D eigenvalue weighted by atomic mass is 10.2. The smallest absolute Gasteiger partial charge is 0.274 e. The van der Waals surface area contributed by atoms with Crippen LogP contribution in [0.3, 0.4) is 0 Å². The van der Waals surface area contributed by atoms with Crippen molar-refractivity contribution in [1.82, 2.24) is 20.5 Å². The fraction of sp³-hybridized carbons (Fsp3) is 0.417. The normalized spacial score (nSPS) is 12.3. The van der Waals surface area contributed by atoms with Gasteiger partial charge in [0, 0.05) is 11.6 Å². The number of nitrogens with one attached hydrogen (secondary N) is 2. The molecule has 4 N–H and O–H groups in total. The number of amides is 1. The number of nitrogens with zero attached hydrogens (tertiary/aromatic N) is 2. The van der Waals surface area contributed by atoms with Crippen LogP contribution in [0.25, 0.3) is 0 Å². The van der Waals surface area contributed by atoms with Crippen LogP contribution in [0.5, 0.6) is 0 Å². The molecule has 0 radical (unpaired) electrons. The third kappa shape index (κ3) is 2.93. The van der Waals surface area contributed by atoms with Gasteiger partial charge < -0.3 is 11.1 Å². The highest BCUT2D eigenvalue weighted by molar-refractivity contribution is 7.09. The molecule has 2 heterocycles. The Morgan fingerprint density at radius 2 is 2.42 bits per heavy atom. The first-order valence-electron chi connectivity index (χ1n) is 6.16. The molecule has 0 saturated carbocycles. The van der Waals surface area contributed by atoms with E-state index < -0.39 is 0 Å². The van der Waals surface area contributed by atoms with Crippen LogP contribution >= 0.6 is 11.3 Å². The maximum atomic E-state index is 12.1. The number of thiazole rings is 1. The summed E-state index contributed by atoms with van der Waals surface area (Å²) in [6.45, 7) is 3.93. The third-order valence-corrected chi connectivity index (χ3v) is 3.73. The van der Waals surface area contributed by atoms with Gasteiger partial charge in [0.2, 0.25) is 0 Å². The third-order valence-electron chi connectivity index (χ3n) is 2.77. The van der Waals surface area contributed by atoms with Crippen LogP contribution in [-0.2, 0) is 6.42 Å². The first-order valence-corrected chi connectivity index (χ1v) is 7.04. The van der Waals surface area contributed by atoms with E-state index in [4.69, 9.17) is 5.73 Å². The molecule has 2 aromatic heterocycles. The van der Waals surface area contributed by atoms with Crippen LogP contribution in [0, 0.1) is 0 Å². The Labute approximate surface area is 115 Å². The molecular weight excluding hydrogens is 262 g/mol. The van der Waals surface area contributed by atoms with E-state index in [0.29, 0.717) is 5.69 Å². The van der Waals surface area contributed by atoms with Crippen LogP contribution in [0.1, 0.15) is 47.5 Å². The van der Waals surface area contributed by atoms with Gasteiger partial charge in [-0.15, -0.1) is 11.3 Å². The molecular formula is C12H17N5OS. The molecule has 0 saturated heterocycles. The highest BCUT2D eigenvalue weighted by Gasteiger charge is 2.19. The van der Waals surface area contributed by atoms with Crippen LogP contribution < -0.4 is 11.1 Å². The van der Waals surface area contributed by atoms with E-state index in [1.54, 1.807) is 6.20 Å². The van der Waals surface area contributed by atoms with E-state index in [9.17, 15) is 4.79 Å². The molecule has 1 atom stereocenters. The van der Waals surface area contributed by atoms with Crippen molar-refractivity contribution in [3.8, 4) is 0 Å². The van der Waals surface area contributed by atoms with Crippen LogP contribution in [0.4, 0.5) is 5.69 Å². The lowest BCUT2D eigenvalue weighted by Gasteiger charge is -2.10. The van der Waals surface area contributed by atoms with E-state index >= 15 is 0 Å². The molecule has 0 spiro atoms. The van der Waals surface area contributed by atoms with Gasteiger partial charge in [0.25, 0.3) is 5.91 Å². The molecule has 0 fully saturated rings. The summed E-state index contributed by atoms with van der Waals surface area (Å²) in [5.74, 6) is -0.279. The van der Waals surface area contributed by atoms with Crippen molar-refractivity contribution >= 4 is 22.9 Å². The van der Waals surface area contributed by atoms with Crippen molar-refractivity contribution in [2.24, 2.45) is 0 Å². The zero-order chi connectivity index (χ0) is 13.8. The topological polar surface area (TPSA) is 96.7 Å².